The predicted molar refractivity (Wildman–Crippen MR) is 35.0 cm³/mol. The zero-order chi connectivity index (χ0) is 6.43. The SMILES string of the molecule is C=C1CN1[P+](=O)N1CC1. The van der Waals surface area contributed by atoms with Gasteiger partial charge in [-0.25, -0.2) is 0 Å². The van der Waals surface area contributed by atoms with Crippen LogP contribution in [0.15, 0.2) is 12.3 Å². The van der Waals surface area contributed by atoms with E-state index in [1.807, 2.05) is 9.34 Å². The fourth-order valence-corrected chi connectivity index (χ4v) is 1.95. The highest BCUT2D eigenvalue weighted by molar-refractivity contribution is 7.40. The Morgan fingerprint density at radius 2 is 2.11 bits per heavy atom. The third kappa shape index (κ3) is 0.865. The molecular formula is C5H8N2OP+. The summed E-state index contributed by atoms with van der Waals surface area (Å²) in [7, 11) is -1.20. The smallest absolute Gasteiger partial charge is 0.146 e. The quantitative estimate of drug-likeness (QED) is 0.421. The molecule has 9 heavy (non-hydrogen) atoms. The fraction of sp³-hybridized carbons (Fsp3) is 0.600. The molecule has 2 rings (SSSR count). The molecule has 0 aromatic heterocycles. The van der Waals surface area contributed by atoms with Gasteiger partial charge in [-0.05, 0) is 4.57 Å². The average Bonchev–Trinajstić information content (AvgIpc) is 2.53. The molecule has 4 heteroatoms. The Hall–Kier alpha value is -0.400. The van der Waals surface area contributed by atoms with E-state index in [4.69, 9.17) is 0 Å². The van der Waals surface area contributed by atoms with E-state index in [0.717, 1.165) is 25.3 Å². The maximum atomic E-state index is 11.1. The molecule has 1 atom stereocenters. The van der Waals surface area contributed by atoms with Crippen LogP contribution in [-0.2, 0) is 4.57 Å². The van der Waals surface area contributed by atoms with Crippen LogP contribution in [0.3, 0.4) is 0 Å². The van der Waals surface area contributed by atoms with E-state index < -0.39 is 8.10 Å². The first-order valence-corrected chi connectivity index (χ1v) is 4.13. The Balaban J connectivity index is 1.98. The van der Waals surface area contributed by atoms with Crippen LogP contribution < -0.4 is 0 Å². The molecule has 0 saturated carbocycles. The van der Waals surface area contributed by atoms with Gasteiger partial charge in [0.15, 0.2) is 0 Å². The van der Waals surface area contributed by atoms with E-state index in [9.17, 15) is 4.57 Å². The molecule has 1 unspecified atom stereocenters. The third-order valence-corrected chi connectivity index (χ3v) is 3.19. The molecular weight excluding hydrogens is 135 g/mol. The summed E-state index contributed by atoms with van der Waals surface area (Å²) in [6, 6.07) is 0. The molecule has 2 aliphatic heterocycles. The van der Waals surface area contributed by atoms with Crippen molar-refractivity contribution in [3.8, 4) is 0 Å². The van der Waals surface area contributed by atoms with Crippen molar-refractivity contribution in [2.45, 2.75) is 0 Å². The lowest BCUT2D eigenvalue weighted by Gasteiger charge is -1.79. The summed E-state index contributed by atoms with van der Waals surface area (Å²) >= 11 is 0. The van der Waals surface area contributed by atoms with Crippen LogP contribution >= 0.6 is 8.10 Å². The normalized spacial score (nSPS) is 26.4. The minimum absolute atomic E-state index is 0.839. The summed E-state index contributed by atoms with van der Waals surface area (Å²) in [4.78, 5) is 0. The lowest BCUT2D eigenvalue weighted by Crippen LogP contribution is -1.87. The van der Waals surface area contributed by atoms with Crippen LogP contribution in [0.1, 0.15) is 0 Å². The molecule has 0 bridgehead atoms. The lowest BCUT2D eigenvalue weighted by atomic mass is 10.8. The topological polar surface area (TPSA) is 23.1 Å². The summed E-state index contributed by atoms with van der Waals surface area (Å²) in [5.74, 6) is 0. The van der Waals surface area contributed by atoms with Crippen LogP contribution in [0.25, 0.3) is 0 Å². The van der Waals surface area contributed by atoms with Gasteiger partial charge in [0.2, 0.25) is 0 Å². The Kier molecular flexibility index (Phi) is 0.930. The van der Waals surface area contributed by atoms with Crippen molar-refractivity contribution in [2.24, 2.45) is 0 Å². The van der Waals surface area contributed by atoms with Crippen LogP contribution in [0.2, 0.25) is 0 Å². The highest BCUT2D eigenvalue weighted by Crippen LogP contribution is 2.46. The van der Waals surface area contributed by atoms with Gasteiger partial charge >= 0.3 is 8.10 Å². The minimum Gasteiger partial charge on any atom is -0.146 e. The lowest BCUT2D eigenvalue weighted by molar-refractivity contribution is 0.544. The predicted octanol–water partition coefficient (Wildman–Crippen LogP) is 0.789. The molecule has 0 amide bonds. The van der Waals surface area contributed by atoms with Crippen LogP contribution in [0.4, 0.5) is 0 Å². The van der Waals surface area contributed by atoms with E-state index in [0.29, 0.717) is 0 Å². The number of hydrogen-bond donors (Lipinski definition) is 0. The van der Waals surface area contributed by atoms with Gasteiger partial charge in [-0.1, -0.05) is 11.2 Å². The van der Waals surface area contributed by atoms with Crippen molar-refractivity contribution in [3.63, 3.8) is 0 Å². The first-order valence-electron chi connectivity index (χ1n) is 2.96. The molecule has 48 valence electrons. The fourth-order valence-electron chi connectivity index (χ4n) is 0.687. The van der Waals surface area contributed by atoms with E-state index in [2.05, 4.69) is 6.58 Å². The van der Waals surface area contributed by atoms with Gasteiger partial charge in [-0.3, -0.25) is 0 Å². The second kappa shape index (κ2) is 1.55. The molecule has 0 N–H and O–H groups in total. The minimum atomic E-state index is -1.20. The van der Waals surface area contributed by atoms with Crippen molar-refractivity contribution in [3.05, 3.63) is 12.3 Å². The summed E-state index contributed by atoms with van der Waals surface area (Å²) in [6.45, 7) is 6.53. The van der Waals surface area contributed by atoms with Crippen molar-refractivity contribution in [2.75, 3.05) is 19.6 Å². The zero-order valence-corrected chi connectivity index (χ0v) is 5.97. The molecule has 3 nitrogen and oxygen atoms in total. The first kappa shape index (κ1) is 5.39. The van der Waals surface area contributed by atoms with Gasteiger partial charge < -0.3 is 0 Å². The van der Waals surface area contributed by atoms with E-state index >= 15 is 0 Å². The number of rotatable bonds is 2. The standard InChI is InChI=1S/C5H8N2OP/c1-5-4-7(5)9(8)6-2-3-6/h1-4H2/q+1. The maximum absolute atomic E-state index is 11.1. The van der Waals surface area contributed by atoms with Gasteiger partial charge in [0.05, 0.1) is 18.8 Å². The van der Waals surface area contributed by atoms with Gasteiger partial charge in [0.1, 0.15) is 6.54 Å². The van der Waals surface area contributed by atoms with Crippen molar-refractivity contribution >= 4 is 8.10 Å². The van der Waals surface area contributed by atoms with Gasteiger partial charge in [0.25, 0.3) is 0 Å². The molecule has 0 aliphatic carbocycles. The Labute approximate surface area is 54.8 Å². The molecule has 0 radical (unpaired) electrons. The van der Waals surface area contributed by atoms with E-state index in [-0.39, 0.29) is 0 Å². The zero-order valence-electron chi connectivity index (χ0n) is 5.08. The molecule has 2 saturated heterocycles. The third-order valence-electron chi connectivity index (χ3n) is 1.47. The first-order chi connectivity index (χ1) is 4.29. The largest absolute Gasteiger partial charge is 0.566 e. The van der Waals surface area contributed by atoms with Gasteiger partial charge in [-0.2, -0.15) is 0 Å². The van der Waals surface area contributed by atoms with Crippen molar-refractivity contribution < 1.29 is 4.57 Å². The second-order valence-electron chi connectivity index (χ2n) is 2.33. The molecule has 0 aromatic rings. The van der Waals surface area contributed by atoms with Crippen LogP contribution in [0, 0.1) is 0 Å². The molecule has 2 aliphatic rings. The highest BCUT2D eigenvalue weighted by Gasteiger charge is 2.51. The van der Waals surface area contributed by atoms with Gasteiger partial charge in [-0.15, -0.1) is 4.67 Å². The Bertz CT molecular complexity index is 187. The Morgan fingerprint density at radius 3 is 2.44 bits per heavy atom. The highest BCUT2D eigenvalue weighted by atomic mass is 31.1. The van der Waals surface area contributed by atoms with Crippen LogP contribution in [0.5, 0.6) is 0 Å². The van der Waals surface area contributed by atoms with Crippen molar-refractivity contribution in [1.82, 2.24) is 9.34 Å². The Morgan fingerprint density at radius 1 is 1.56 bits per heavy atom. The maximum Gasteiger partial charge on any atom is 0.566 e. The summed E-state index contributed by atoms with van der Waals surface area (Å²) in [5, 5.41) is 0. The average molecular weight is 143 g/mol. The molecule has 0 spiro atoms. The van der Waals surface area contributed by atoms with Crippen LogP contribution in [-0.4, -0.2) is 29.0 Å². The van der Waals surface area contributed by atoms with E-state index in [1.54, 1.807) is 0 Å². The summed E-state index contributed by atoms with van der Waals surface area (Å²) in [6.07, 6.45) is 0. The molecule has 0 aromatic carbocycles. The number of nitrogens with zero attached hydrogens (tertiary/aromatic N) is 2. The van der Waals surface area contributed by atoms with Gasteiger partial charge in [0, 0.05) is 0 Å². The number of hydrogen-bond acceptors (Lipinski definition) is 1. The summed E-state index contributed by atoms with van der Waals surface area (Å²) in [5.41, 5.74) is 1.02. The monoisotopic (exact) mass is 143 g/mol. The summed E-state index contributed by atoms with van der Waals surface area (Å²) < 4.78 is 14.9. The van der Waals surface area contributed by atoms with Crippen molar-refractivity contribution in [1.29, 1.82) is 0 Å². The molecule has 2 heterocycles. The second-order valence-corrected chi connectivity index (χ2v) is 3.88. The van der Waals surface area contributed by atoms with E-state index in [1.165, 1.54) is 0 Å². The molecule has 2 fully saturated rings.